The molecule has 22 heavy (non-hydrogen) atoms. The second kappa shape index (κ2) is 5.63. The molecule has 1 amide bonds. The highest BCUT2D eigenvalue weighted by molar-refractivity contribution is 5.97. The van der Waals surface area contributed by atoms with Crippen molar-refractivity contribution >= 4 is 16.9 Å². The molecule has 6 heteroatoms. The monoisotopic (exact) mass is 298 g/mol. The van der Waals surface area contributed by atoms with Gasteiger partial charge < -0.3 is 9.32 Å². The molecule has 0 saturated heterocycles. The highest BCUT2D eigenvalue weighted by atomic mass is 16.3. The fourth-order valence-electron chi connectivity index (χ4n) is 2.43. The van der Waals surface area contributed by atoms with Crippen molar-refractivity contribution in [2.75, 3.05) is 7.05 Å². The molecule has 1 aromatic carbocycles. The van der Waals surface area contributed by atoms with Crippen LogP contribution in [0.4, 0.5) is 0 Å². The summed E-state index contributed by atoms with van der Waals surface area (Å²) < 4.78 is 7.31. The van der Waals surface area contributed by atoms with Crippen LogP contribution >= 0.6 is 0 Å². The van der Waals surface area contributed by atoms with Gasteiger partial charge in [0.1, 0.15) is 17.0 Å². The van der Waals surface area contributed by atoms with Crippen LogP contribution < -0.4 is 0 Å². The van der Waals surface area contributed by atoms with Crippen molar-refractivity contribution in [3.05, 3.63) is 47.4 Å². The number of amides is 1. The van der Waals surface area contributed by atoms with Crippen molar-refractivity contribution in [1.82, 2.24) is 19.9 Å². The van der Waals surface area contributed by atoms with Crippen LogP contribution in [-0.2, 0) is 13.1 Å². The van der Waals surface area contributed by atoms with E-state index in [4.69, 9.17) is 4.42 Å². The summed E-state index contributed by atoms with van der Waals surface area (Å²) >= 11 is 0. The fourth-order valence-corrected chi connectivity index (χ4v) is 2.43. The number of aromatic nitrogens is 3. The molecule has 0 bridgehead atoms. The minimum absolute atomic E-state index is 0.0676. The Labute approximate surface area is 128 Å². The van der Waals surface area contributed by atoms with E-state index in [0.717, 1.165) is 29.1 Å². The lowest BCUT2D eigenvalue weighted by atomic mass is 10.1. The first-order valence-electron chi connectivity index (χ1n) is 7.22. The van der Waals surface area contributed by atoms with E-state index < -0.39 is 0 Å². The third-order valence-electron chi connectivity index (χ3n) is 3.60. The van der Waals surface area contributed by atoms with E-state index in [1.807, 2.05) is 38.1 Å². The van der Waals surface area contributed by atoms with Gasteiger partial charge in [-0.15, -0.1) is 5.10 Å². The van der Waals surface area contributed by atoms with Gasteiger partial charge in [0.2, 0.25) is 0 Å². The van der Waals surface area contributed by atoms with Crippen LogP contribution in [-0.4, -0.2) is 32.8 Å². The zero-order valence-electron chi connectivity index (χ0n) is 12.9. The molecular formula is C16H18N4O2. The van der Waals surface area contributed by atoms with Crippen LogP contribution in [0, 0.1) is 6.92 Å². The molecule has 0 unspecified atom stereocenters. The summed E-state index contributed by atoms with van der Waals surface area (Å²) in [7, 11) is 1.76. The zero-order valence-corrected chi connectivity index (χ0v) is 12.9. The van der Waals surface area contributed by atoms with E-state index >= 15 is 0 Å². The maximum absolute atomic E-state index is 12.5. The van der Waals surface area contributed by atoms with Gasteiger partial charge in [0.05, 0.1) is 12.1 Å². The summed E-state index contributed by atoms with van der Waals surface area (Å²) in [5.41, 5.74) is 2.26. The smallest absolute Gasteiger partial charge is 0.254 e. The summed E-state index contributed by atoms with van der Waals surface area (Å²) in [6.45, 7) is 5.08. The molecule has 2 heterocycles. The number of nitrogens with zero attached hydrogens (tertiary/aromatic N) is 4. The summed E-state index contributed by atoms with van der Waals surface area (Å²) in [5.74, 6) is 1.54. The number of hydrogen-bond donors (Lipinski definition) is 0. The van der Waals surface area contributed by atoms with Gasteiger partial charge in [0.15, 0.2) is 0 Å². The van der Waals surface area contributed by atoms with Gasteiger partial charge >= 0.3 is 0 Å². The first-order valence-corrected chi connectivity index (χ1v) is 7.22. The lowest BCUT2D eigenvalue weighted by Crippen LogP contribution is -2.25. The number of furan rings is 1. The van der Waals surface area contributed by atoms with Gasteiger partial charge in [-0.2, -0.15) is 0 Å². The predicted molar refractivity (Wildman–Crippen MR) is 82.4 cm³/mol. The number of fused-ring (bicyclic) bond motifs is 1. The first-order chi connectivity index (χ1) is 10.6. The maximum atomic E-state index is 12.5. The number of carbonyl (C=O) groups is 1. The molecule has 0 saturated carbocycles. The number of hydrogen-bond acceptors (Lipinski definition) is 4. The van der Waals surface area contributed by atoms with Gasteiger partial charge in [-0.1, -0.05) is 5.21 Å². The summed E-state index contributed by atoms with van der Waals surface area (Å²) in [6.07, 6.45) is 0. The maximum Gasteiger partial charge on any atom is 0.254 e. The Balaban J connectivity index is 1.81. The van der Waals surface area contributed by atoms with Crippen LogP contribution in [0.1, 0.15) is 28.8 Å². The van der Waals surface area contributed by atoms with Gasteiger partial charge in [-0.3, -0.25) is 4.79 Å². The summed E-state index contributed by atoms with van der Waals surface area (Å²) in [6, 6.07) is 9.25. The van der Waals surface area contributed by atoms with Crippen molar-refractivity contribution in [3.8, 4) is 0 Å². The minimum Gasteiger partial charge on any atom is -0.464 e. The highest BCUT2D eigenvalue weighted by Crippen LogP contribution is 2.16. The van der Waals surface area contributed by atoms with Crippen molar-refractivity contribution < 1.29 is 9.21 Å². The number of carbonyl (C=O) groups excluding carboxylic acids is 1. The normalized spacial score (nSPS) is 11.0. The van der Waals surface area contributed by atoms with Gasteiger partial charge in [-0.05, 0) is 44.2 Å². The fraction of sp³-hybridized carbons (Fsp3) is 0.312. The predicted octanol–water partition coefficient (Wildman–Crippen LogP) is 2.62. The molecule has 0 N–H and O–H groups in total. The molecule has 6 nitrogen and oxygen atoms in total. The lowest BCUT2D eigenvalue weighted by Gasteiger charge is -2.15. The third-order valence-corrected chi connectivity index (χ3v) is 3.60. The van der Waals surface area contributed by atoms with Gasteiger partial charge in [-0.25, -0.2) is 4.68 Å². The molecule has 0 aliphatic heterocycles. The summed E-state index contributed by atoms with van der Waals surface area (Å²) in [5, 5.41) is 8.16. The Hall–Kier alpha value is -2.63. The van der Waals surface area contributed by atoms with Crippen LogP contribution in [0.3, 0.4) is 0 Å². The molecule has 0 radical (unpaired) electrons. The average molecular weight is 298 g/mol. The average Bonchev–Trinajstić information content (AvgIpc) is 3.11. The van der Waals surface area contributed by atoms with Gasteiger partial charge in [0, 0.05) is 19.2 Å². The van der Waals surface area contributed by atoms with Crippen molar-refractivity contribution in [3.63, 3.8) is 0 Å². The molecule has 0 spiro atoms. The van der Waals surface area contributed by atoms with Crippen LogP contribution in [0.25, 0.3) is 11.0 Å². The Morgan fingerprint density at radius 1 is 1.32 bits per heavy atom. The second-order valence-corrected chi connectivity index (χ2v) is 5.28. The van der Waals surface area contributed by atoms with Crippen molar-refractivity contribution in [2.24, 2.45) is 0 Å². The number of benzene rings is 1. The zero-order chi connectivity index (χ0) is 15.7. The Bertz CT molecular complexity index is 819. The van der Waals surface area contributed by atoms with Gasteiger partial charge in [0.25, 0.3) is 5.91 Å². The molecule has 114 valence electrons. The largest absolute Gasteiger partial charge is 0.464 e. The van der Waals surface area contributed by atoms with E-state index in [1.54, 1.807) is 22.7 Å². The van der Waals surface area contributed by atoms with Crippen molar-refractivity contribution in [1.29, 1.82) is 0 Å². The molecule has 0 fully saturated rings. The Kier molecular flexibility index (Phi) is 3.66. The molecule has 0 aliphatic rings. The summed E-state index contributed by atoms with van der Waals surface area (Å²) in [4.78, 5) is 14.1. The number of rotatable bonds is 4. The Morgan fingerprint density at radius 2 is 2.14 bits per heavy atom. The van der Waals surface area contributed by atoms with E-state index in [0.29, 0.717) is 12.1 Å². The Morgan fingerprint density at radius 3 is 2.82 bits per heavy atom. The van der Waals surface area contributed by atoms with E-state index in [-0.39, 0.29) is 5.91 Å². The second-order valence-electron chi connectivity index (χ2n) is 5.28. The van der Waals surface area contributed by atoms with Crippen LogP contribution in [0.5, 0.6) is 0 Å². The number of aryl methyl sites for hydroxylation is 2. The SMILES string of the molecule is CCn1nnc2cc(C(=O)N(C)Cc3ccc(C)o3)ccc21. The molecule has 0 atom stereocenters. The molecule has 3 aromatic rings. The topological polar surface area (TPSA) is 64.2 Å². The molecule has 2 aromatic heterocycles. The quantitative estimate of drug-likeness (QED) is 0.742. The van der Waals surface area contributed by atoms with E-state index in [1.165, 1.54) is 0 Å². The van der Waals surface area contributed by atoms with E-state index in [9.17, 15) is 4.79 Å². The minimum atomic E-state index is -0.0676. The molecular weight excluding hydrogens is 280 g/mol. The third kappa shape index (κ3) is 2.59. The highest BCUT2D eigenvalue weighted by Gasteiger charge is 2.15. The standard InChI is InChI=1S/C16H18N4O2/c1-4-20-15-8-6-12(9-14(15)17-18-20)16(21)19(3)10-13-7-5-11(2)22-13/h5-9H,4,10H2,1-3H3. The van der Waals surface area contributed by atoms with Crippen LogP contribution in [0.15, 0.2) is 34.7 Å². The molecule has 0 aliphatic carbocycles. The van der Waals surface area contributed by atoms with Crippen LogP contribution in [0.2, 0.25) is 0 Å². The first kappa shape index (κ1) is 14.3. The lowest BCUT2D eigenvalue weighted by molar-refractivity contribution is 0.0775. The van der Waals surface area contributed by atoms with E-state index in [2.05, 4.69) is 10.3 Å². The molecule has 3 rings (SSSR count). The van der Waals surface area contributed by atoms with Crippen molar-refractivity contribution in [2.45, 2.75) is 26.9 Å².